The summed E-state index contributed by atoms with van der Waals surface area (Å²) in [6.45, 7) is 6.91. The van der Waals surface area contributed by atoms with Crippen molar-refractivity contribution in [3.05, 3.63) is 28.1 Å². The molecule has 0 aliphatic carbocycles. The number of nitrogens with zero attached hydrogens (tertiary/aromatic N) is 5. The minimum absolute atomic E-state index is 0.139. The third-order valence-corrected chi connectivity index (χ3v) is 4.81. The molecule has 0 amide bonds. The van der Waals surface area contributed by atoms with Crippen LogP contribution < -0.4 is 0 Å². The van der Waals surface area contributed by atoms with Gasteiger partial charge in [0.1, 0.15) is 11.3 Å². The number of hydrogen-bond donors (Lipinski definition) is 0. The fourth-order valence-corrected chi connectivity index (χ4v) is 3.52. The Morgan fingerprint density at radius 3 is 2.76 bits per heavy atom. The summed E-state index contributed by atoms with van der Waals surface area (Å²) in [4.78, 5) is 9.11. The smallest absolute Gasteiger partial charge is 0.158 e. The van der Waals surface area contributed by atoms with Gasteiger partial charge in [0.05, 0.1) is 16.1 Å². The molecule has 0 fully saturated rings. The van der Waals surface area contributed by atoms with Gasteiger partial charge >= 0.3 is 0 Å². The molecule has 0 spiro atoms. The van der Waals surface area contributed by atoms with Crippen LogP contribution in [0.5, 0.6) is 0 Å². The van der Waals surface area contributed by atoms with Gasteiger partial charge in [-0.1, -0.05) is 6.92 Å². The highest BCUT2D eigenvalue weighted by Gasteiger charge is 2.22. The van der Waals surface area contributed by atoms with Gasteiger partial charge in [0, 0.05) is 31.1 Å². The summed E-state index contributed by atoms with van der Waals surface area (Å²) >= 11 is 8.01. The fraction of sp³-hybridized carbons (Fsp3) is 0.500. The number of halogens is 1. The molecule has 7 heteroatoms. The van der Waals surface area contributed by atoms with E-state index in [2.05, 4.69) is 21.6 Å². The highest BCUT2D eigenvalue weighted by Crippen LogP contribution is 2.29. The van der Waals surface area contributed by atoms with Gasteiger partial charge in [0.25, 0.3) is 0 Å². The second kappa shape index (κ2) is 5.42. The fourth-order valence-electron chi connectivity index (χ4n) is 2.67. The Morgan fingerprint density at radius 1 is 1.38 bits per heavy atom. The number of alkyl halides is 1. The van der Waals surface area contributed by atoms with Crippen molar-refractivity contribution in [2.75, 3.05) is 0 Å². The van der Waals surface area contributed by atoms with Crippen molar-refractivity contribution in [2.45, 2.75) is 38.6 Å². The van der Waals surface area contributed by atoms with Crippen molar-refractivity contribution in [1.29, 1.82) is 0 Å². The molecule has 3 rings (SSSR count). The number of fused-ring (bicyclic) bond motifs is 1. The van der Waals surface area contributed by atoms with Crippen LogP contribution in [0, 0.1) is 6.92 Å². The highest BCUT2D eigenvalue weighted by molar-refractivity contribution is 7.09. The second-order valence-electron chi connectivity index (χ2n) is 5.35. The molecule has 5 nitrogen and oxygen atoms in total. The summed E-state index contributed by atoms with van der Waals surface area (Å²) in [5.41, 5.74) is 2.90. The molecule has 3 aromatic heterocycles. The molecule has 0 bridgehead atoms. The summed E-state index contributed by atoms with van der Waals surface area (Å²) in [5, 5.41) is 7.46. The zero-order valence-corrected chi connectivity index (χ0v) is 14.1. The first-order chi connectivity index (χ1) is 9.99. The zero-order valence-electron chi connectivity index (χ0n) is 12.5. The number of aromatic nitrogens is 5. The third kappa shape index (κ3) is 2.46. The van der Waals surface area contributed by atoms with Crippen LogP contribution in [0.4, 0.5) is 0 Å². The summed E-state index contributed by atoms with van der Waals surface area (Å²) in [5.74, 6) is 1.21. The van der Waals surface area contributed by atoms with Crippen molar-refractivity contribution in [3.63, 3.8) is 0 Å². The Labute approximate surface area is 132 Å². The predicted octanol–water partition coefficient (Wildman–Crippen LogP) is 3.64. The number of hydrogen-bond acceptors (Lipinski definition) is 4. The molecular formula is C14H18ClN5S. The van der Waals surface area contributed by atoms with Crippen molar-refractivity contribution in [1.82, 2.24) is 24.3 Å². The molecule has 2 unspecified atom stereocenters. The molecule has 3 aromatic rings. The Bertz CT molecular complexity index is 756. The minimum Gasteiger partial charge on any atom is -0.311 e. The summed E-state index contributed by atoms with van der Waals surface area (Å²) in [6.07, 6.45) is 1.85. The first-order valence-electron chi connectivity index (χ1n) is 6.92. The molecule has 112 valence electrons. The lowest BCUT2D eigenvalue weighted by Crippen LogP contribution is -2.12. The molecule has 0 aromatic carbocycles. The van der Waals surface area contributed by atoms with E-state index in [9.17, 15) is 0 Å². The number of imidazole rings is 1. The van der Waals surface area contributed by atoms with E-state index in [1.54, 1.807) is 11.3 Å². The average molecular weight is 324 g/mol. The Hall–Kier alpha value is -1.40. The second-order valence-corrected chi connectivity index (χ2v) is 6.93. The monoisotopic (exact) mass is 323 g/mol. The third-order valence-electron chi connectivity index (χ3n) is 3.60. The van der Waals surface area contributed by atoms with Gasteiger partial charge in [-0.2, -0.15) is 5.10 Å². The lowest BCUT2D eigenvalue weighted by atomic mass is 10.2. The highest BCUT2D eigenvalue weighted by atomic mass is 35.5. The van der Waals surface area contributed by atoms with Crippen molar-refractivity contribution in [3.8, 4) is 0 Å². The Balaban J connectivity index is 2.09. The standard InChI is InChI=1S/C14H18ClN5S/c1-8(13-16-5-6-21-13)7-20-12(9(2)15)17-11-10(3)18-19(4)14(11)20/h5-6,8-9H,7H2,1-4H3. The Kier molecular flexibility index (Phi) is 3.75. The van der Waals surface area contributed by atoms with Gasteiger partial charge in [-0.3, -0.25) is 4.68 Å². The lowest BCUT2D eigenvalue weighted by Gasteiger charge is -2.14. The minimum atomic E-state index is -0.139. The molecule has 21 heavy (non-hydrogen) atoms. The summed E-state index contributed by atoms with van der Waals surface area (Å²) < 4.78 is 4.06. The van der Waals surface area contributed by atoms with Gasteiger partial charge in [0.2, 0.25) is 0 Å². The molecule has 0 N–H and O–H groups in total. The molecule has 0 radical (unpaired) electrons. The van der Waals surface area contributed by atoms with Crippen LogP contribution >= 0.6 is 22.9 Å². The maximum absolute atomic E-state index is 6.32. The van der Waals surface area contributed by atoms with Crippen molar-refractivity contribution < 1.29 is 0 Å². The molecular weight excluding hydrogens is 306 g/mol. The summed E-state index contributed by atoms with van der Waals surface area (Å²) in [6, 6.07) is 0. The van der Waals surface area contributed by atoms with E-state index in [4.69, 9.17) is 16.6 Å². The van der Waals surface area contributed by atoms with Gasteiger partial charge < -0.3 is 4.57 Å². The maximum Gasteiger partial charge on any atom is 0.158 e. The average Bonchev–Trinajstić information content (AvgIpc) is 3.10. The van der Waals surface area contributed by atoms with Gasteiger partial charge in [-0.25, -0.2) is 9.97 Å². The van der Waals surface area contributed by atoms with E-state index >= 15 is 0 Å². The van der Waals surface area contributed by atoms with Crippen LogP contribution in [-0.4, -0.2) is 24.3 Å². The molecule has 2 atom stereocenters. The lowest BCUT2D eigenvalue weighted by molar-refractivity contribution is 0.568. The molecule has 0 aliphatic rings. The first-order valence-corrected chi connectivity index (χ1v) is 8.23. The quantitative estimate of drug-likeness (QED) is 0.689. The van der Waals surface area contributed by atoms with Crippen molar-refractivity contribution in [2.24, 2.45) is 7.05 Å². The predicted molar refractivity (Wildman–Crippen MR) is 86.0 cm³/mol. The number of rotatable bonds is 4. The maximum atomic E-state index is 6.32. The van der Waals surface area contributed by atoms with E-state index in [1.165, 1.54) is 0 Å². The van der Waals surface area contributed by atoms with Crippen LogP contribution in [0.2, 0.25) is 0 Å². The van der Waals surface area contributed by atoms with Gasteiger partial charge in [-0.05, 0) is 13.8 Å². The van der Waals surface area contributed by atoms with Crippen LogP contribution in [0.25, 0.3) is 11.2 Å². The summed E-state index contributed by atoms with van der Waals surface area (Å²) in [7, 11) is 1.95. The topological polar surface area (TPSA) is 48.5 Å². The molecule has 0 aliphatic heterocycles. The van der Waals surface area contributed by atoms with Crippen LogP contribution in [-0.2, 0) is 13.6 Å². The van der Waals surface area contributed by atoms with E-state index < -0.39 is 0 Å². The van der Waals surface area contributed by atoms with Crippen LogP contribution in [0.1, 0.15) is 41.7 Å². The SMILES string of the molecule is Cc1nn(C)c2c1nc(C(C)Cl)n2CC(C)c1nccs1. The van der Waals surface area contributed by atoms with Gasteiger partial charge in [-0.15, -0.1) is 22.9 Å². The Morgan fingerprint density at radius 2 is 2.14 bits per heavy atom. The molecule has 0 saturated carbocycles. The largest absolute Gasteiger partial charge is 0.311 e. The number of aryl methyl sites for hydroxylation is 2. The van der Waals surface area contributed by atoms with Crippen LogP contribution in [0.3, 0.4) is 0 Å². The number of thiazole rings is 1. The van der Waals surface area contributed by atoms with E-state index in [0.717, 1.165) is 34.2 Å². The van der Waals surface area contributed by atoms with Crippen LogP contribution in [0.15, 0.2) is 11.6 Å². The van der Waals surface area contributed by atoms with Crippen molar-refractivity contribution >= 4 is 34.1 Å². The van der Waals surface area contributed by atoms with Gasteiger partial charge in [0.15, 0.2) is 5.65 Å². The molecule has 3 heterocycles. The van der Waals surface area contributed by atoms with E-state index in [1.807, 2.05) is 37.2 Å². The van der Waals surface area contributed by atoms with E-state index in [0.29, 0.717) is 5.92 Å². The first kappa shape index (κ1) is 14.5. The zero-order chi connectivity index (χ0) is 15.1. The molecule has 0 saturated heterocycles. The normalized spacial score (nSPS) is 14.7. The van der Waals surface area contributed by atoms with E-state index in [-0.39, 0.29) is 5.38 Å².